The van der Waals surface area contributed by atoms with Crippen LogP contribution in [0.15, 0.2) is 51.8 Å². The molecule has 0 aliphatic carbocycles. The Morgan fingerprint density at radius 3 is 2.82 bits per heavy atom. The van der Waals surface area contributed by atoms with E-state index in [1.54, 1.807) is 34.9 Å². The smallest absolute Gasteiger partial charge is 0.269 e. The molecule has 1 amide bonds. The molecule has 3 aromatic heterocycles. The molecule has 0 saturated carbocycles. The molecule has 1 aliphatic rings. The normalized spacial score (nSPS) is 14.6. The van der Waals surface area contributed by atoms with E-state index in [-0.39, 0.29) is 18.6 Å². The van der Waals surface area contributed by atoms with Crippen LogP contribution in [-0.2, 0) is 9.53 Å². The third-order valence-electron chi connectivity index (χ3n) is 4.81. The van der Waals surface area contributed by atoms with Crippen LogP contribution in [0.1, 0.15) is 20.3 Å². The van der Waals surface area contributed by atoms with Crippen molar-refractivity contribution in [2.24, 2.45) is 4.99 Å². The number of aliphatic imine (C=N–C) groups is 1. The summed E-state index contributed by atoms with van der Waals surface area (Å²) in [6, 6.07) is 3.61. The van der Waals surface area contributed by atoms with Crippen molar-refractivity contribution in [3.63, 3.8) is 0 Å². The first-order valence-corrected chi connectivity index (χ1v) is 12.2. The van der Waals surface area contributed by atoms with Crippen LogP contribution in [0.25, 0.3) is 11.0 Å². The van der Waals surface area contributed by atoms with Gasteiger partial charge < -0.3 is 14.8 Å². The second-order valence-corrected chi connectivity index (χ2v) is 8.87. The van der Waals surface area contributed by atoms with Gasteiger partial charge in [0.15, 0.2) is 11.5 Å². The number of carbonyl (C=O) groups excluding carboxylic acids is 1. The Kier molecular flexibility index (Phi) is 7.76. The highest BCUT2D eigenvalue weighted by molar-refractivity contribution is 7.98. The minimum Gasteiger partial charge on any atom is -0.461 e. The Labute approximate surface area is 205 Å². The van der Waals surface area contributed by atoms with Gasteiger partial charge in [0.2, 0.25) is 12.0 Å². The molecule has 0 spiro atoms. The van der Waals surface area contributed by atoms with E-state index in [0.717, 1.165) is 11.3 Å². The molecule has 0 fully saturated rings. The van der Waals surface area contributed by atoms with Gasteiger partial charge in [0, 0.05) is 17.6 Å². The van der Waals surface area contributed by atoms with Crippen molar-refractivity contribution in [2.45, 2.75) is 37.4 Å². The van der Waals surface area contributed by atoms with Crippen molar-refractivity contribution in [1.82, 2.24) is 24.7 Å². The first-order chi connectivity index (χ1) is 16.5. The summed E-state index contributed by atoms with van der Waals surface area (Å²) in [6.07, 6.45) is 8.14. The number of allylic oxidation sites excluding steroid dienone is 1. The van der Waals surface area contributed by atoms with Gasteiger partial charge in [-0.2, -0.15) is 9.78 Å². The van der Waals surface area contributed by atoms with E-state index >= 15 is 0 Å². The number of dihydropyridines is 1. The van der Waals surface area contributed by atoms with Crippen LogP contribution < -0.4 is 10.1 Å². The van der Waals surface area contributed by atoms with Gasteiger partial charge in [-0.3, -0.25) is 9.79 Å². The molecule has 1 aliphatic heterocycles. The maximum Gasteiger partial charge on any atom is 0.269 e. The van der Waals surface area contributed by atoms with Crippen LogP contribution in [0, 0.1) is 0 Å². The number of rotatable bonds is 8. The molecule has 10 nitrogen and oxygen atoms in total. The summed E-state index contributed by atoms with van der Waals surface area (Å²) in [5, 5.41) is 8.17. The Hall–Kier alpha value is -3.02. The maximum absolute atomic E-state index is 13.0. The number of amides is 1. The number of carbonyl (C=O) groups is 1. The van der Waals surface area contributed by atoms with Gasteiger partial charge in [0.1, 0.15) is 17.5 Å². The summed E-state index contributed by atoms with van der Waals surface area (Å²) in [4.78, 5) is 31.3. The van der Waals surface area contributed by atoms with E-state index < -0.39 is 12.0 Å². The number of halogens is 1. The highest BCUT2D eigenvalue weighted by Gasteiger charge is 2.25. The van der Waals surface area contributed by atoms with Crippen LogP contribution >= 0.6 is 23.4 Å². The van der Waals surface area contributed by atoms with E-state index in [1.807, 2.05) is 32.2 Å². The average Bonchev–Trinajstić information content (AvgIpc) is 3.27. The van der Waals surface area contributed by atoms with E-state index in [1.165, 1.54) is 6.33 Å². The summed E-state index contributed by atoms with van der Waals surface area (Å²) < 4.78 is 13.2. The van der Waals surface area contributed by atoms with E-state index in [4.69, 9.17) is 21.1 Å². The summed E-state index contributed by atoms with van der Waals surface area (Å²) in [5.74, 6) is 0.709. The number of thioether (sulfide) groups is 1. The molecule has 4 rings (SSSR count). The lowest BCUT2D eigenvalue weighted by Crippen LogP contribution is -2.38. The fourth-order valence-electron chi connectivity index (χ4n) is 3.13. The monoisotopic (exact) mass is 501 g/mol. The van der Waals surface area contributed by atoms with Crippen molar-refractivity contribution < 1.29 is 14.3 Å². The second kappa shape index (κ2) is 10.9. The molecule has 0 saturated heterocycles. The topological polar surface area (TPSA) is 116 Å². The third-order valence-corrected chi connectivity index (χ3v) is 5.84. The molecule has 4 heterocycles. The number of anilines is 1. The fourth-order valence-corrected chi connectivity index (χ4v) is 3.74. The fraction of sp³-hybridized carbons (Fsp3) is 0.364. The predicted molar refractivity (Wildman–Crippen MR) is 132 cm³/mol. The third kappa shape index (κ3) is 5.54. The zero-order valence-electron chi connectivity index (χ0n) is 18.9. The van der Waals surface area contributed by atoms with Crippen molar-refractivity contribution >= 4 is 52.0 Å². The van der Waals surface area contributed by atoms with Gasteiger partial charge in [-0.25, -0.2) is 15.0 Å². The van der Waals surface area contributed by atoms with Crippen molar-refractivity contribution in [3.8, 4) is 5.88 Å². The lowest BCUT2D eigenvalue weighted by Gasteiger charge is -2.19. The summed E-state index contributed by atoms with van der Waals surface area (Å²) in [5.41, 5.74) is 0.468. The molecule has 1 atom stereocenters. The first-order valence-electron chi connectivity index (χ1n) is 10.6. The lowest BCUT2D eigenvalue weighted by atomic mass is 10.3. The zero-order chi connectivity index (χ0) is 24.1. The van der Waals surface area contributed by atoms with Crippen LogP contribution in [-0.4, -0.2) is 68.1 Å². The Balaban J connectivity index is 1.59. The molecule has 0 aromatic carbocycles. The highest BCUT2D eigenvalue weighted by atomic mass is 35.5. The van der Waals surface area contributed by atoms with Crippen LogP contribution in [0.4, 0.5) is 5.82 Å². The maximum atomic E-state index is 13.0. The lowest BCUT2D eigenvalue weighted by molar-refractivity contribution is -0.126. The second-order valence-electron chi connectivity index (χ2n) is 7.58. The average molecular weight is 502 g/mol. The molecular weight excluding hydrogens is 478 g/mol. The number of ether oxygens (including phenoxy) is 2. The van der Waals surface area contributed by atoms with Gasteiger partial charge in [-0.1, -0.05) is 17.7 Å². The number of pyridine rings is 1. The number of fused-ring (bicyclic) bond motifs is 1. The highest BCUT2D eigenvalue weighted by Crippen LogP contribution is 2.25. The Morgan fingerprint density at radius 2 is 2.12 bits per heavy atom. The predicted octanol–water partition coefficient (Wildman–Crippen LogP) is 3.53. The zero-order valence-corrected chi connectivity index (χ0v) is 20.5. The SMILES string of the molecule is CSc1ccc(NC(=O)[C@H](COC(C)C)Oc2ncnc3c2cnn3C2=NCCC=C2Cl)nc1. The molecular formula is C22H24ClN7O3S. The van der Waals surface area contributed by atoms with Gasteiger partial charge in [-0.15, -0.1) is 11.8 Å². The van der Waals surface area contributed by atoms with Gasteiger partial charge in [0.05, 0.1) is 23.9 Å². The molecule has 0 unspecified atom stereocenters. The minimum absolute atomic E-state index is 0.0211. The number of nitrogens with zero attached hydrogens (tertiary/aromatic N) is 6. The van der Waals surface area contributed by atoms with Crippen LogP contribution in [0.3, 0.4) is 0 Å². The molecule has 0 radical (unpaired) electrons. The molecule has 1 N–H and O–H groups in total. The Morgan fingerprint density at radius 1 is 1.26 bits per heavy atom. The van der Waals surface area contributed by atoms with Gasteiger partial charge >= 0.3 is 0 Å². The van der Waals surface area contributed by atoms with E-state index in [0.29, 0.717) is 34.3 Å². The quantitative estimate of drug-likeness (QED) is 0.466. The van der Waals surface area contributed by atoms with E-state index in [2.05, 4.69) is 30.4 Å². The van der Waals surface area contributed by atoms with Crippen LogP contribution in [0.5, 0.6) is 5.88 Å². The molecule has 12 heteroatoms. The Bertz CT molecular complexity index is 1230. The van der Waals surface area contributed by atoms with Crippen molar-refractivity contribution in [1.29, 1.82) is 0 Å². The number of hydrogen-bond acceptors (Lipinski definition) is 9. The number of nitrogens with one attached hydrogen (secondary N) is 1. The van der Waals surface area contributed by atoms with Crippen molar-refractivity contribution in [3.05, 3.63) is 42.0 Å². The first kappa shape index (κ1) is 24.1. The van der Waals surface area contributed by atoms with Gasteiger partial charge in [0.25, 0.3) is 5.91 Å². The molecule has 178 valence electrons. The molecule has 3 aromatic rings. The summed E-state index contributed by atoms with van der Waals surface area (Å²) in [6.45, 7) is 4.40. The number of hydrogen-bond donors (Lipinski definition) is 1. The largest absolute Gasteiger partial charge is 0.461 e. The molecule has 34 heavy (non-hydrogen) atoms. The van der Waals surface area contributed by atoms with Crippen LogP contribution in [0.2, 0.25) is 0 Å². The van der Waals surface area contributed by atoms with E-state index in [9.17, 15) is 4.79 Å². The minimum atomic E-state index is -0.985. The van der Waals surface area contributed by atoms with Gasteiger partial charge in [-0.05, 0) is 38.7 Å². The standard InChI is InChI=1S/C22H24ClN7O3S/c1-13(2)32-11-17(21(31)29-18-7-6-14(34-3)9-25-18)33-22-15-10-28-30(19(15)26-12-27-22)20-16(23)5-4-8-24-20/h5-7,9-10,12-13,17H,4,8,11H2,1-3H3,(H,25,29,31)/t17-/m0/s1. The summed E-state index contributed by atoms with van der Waals surface area (Å²) in [7, 11) is 0. The van der Waals surface area contributed by atoms with Crippen molar-refractivity contribution in [2.75, 3.05) is 24.7 Å². The molecule has 0 bridgehead atoms. The summed E-state index contributed by atoms with van der Waals surface area (Å²) >= 11 is 7.89. The number of aromatic nitrogens is 5.